The Bertz CT molecular complexity index is 233. The van der Waals surface area contributed by atoms with Gasteiger partial charge in [-0.1, -0.05) is 6.07 Å². The van der Waals surface area contributed by atoms with Gasteiger partial charge in [0.15, 0.2) is 0 Å². The summed E-state index contributed by atoms with van der Waals surface area (Å²) in [6, 6.07) is 4.01. The van der Waals surface area contributed by atoms with Crippen LogP contribution in [0.5, 0.6) is 0 Å². The minimum atomic E-state index is -0.230. The van der Waals surface area contributed by atoms with E-state index < -0.39 is 0 Å². The van der Waals surface area contributed by atoms with E-state index in [1.807, 2.05) is 17.5 Å². The van der Waals surface area contributed by atoms with E-state index in [2.05, 4.69) is 10.1 Å². The number of esters is 1. The van der Waals surface area contributed by atoms with Gasteiger partial charge in [-0.15, -0.1) is 11.3 Å². The van der Waals surface area contributed by atoms with Crippen LogP contribution in [0, 0.1) is 0 Å². The van der Waals surface area contributed by atoms with Crippen molar-refractivity contribution < 1.29 is 9.53 Å². The molecular weight excluding hydrogens is 174 g/mol. The van der Waals surface area contributed by atoms with Crippen molar-refractivity contribution in [1.82, 2.24) is 5.32 Å². The highest BCUT2D eigenvalue weighted by atomic mass is 32.1. The van der Waals surface area contributed by atoms with Crippen LogP contribution in [0.2, 0.25) is 0 Å². The number of carbonyl (C=O) groups excluding carboxylic acids is 1. The molecule has 0 unspecified atom stereocenters. The second-order valence-corrected chi connectivity index (χ2v) is 3.29. The van der Waals surface area contributed by atoms with Crippen molar-refractivity contribution in [3.63, 3.8) is 0 Å². The Morgan fingerprint density at radius 3 is 3.17 bits per heavy atom. The maximum absolute atomic E-state index is 10.7. The Morgan fingerprint density at radius 2 is 2.58 bits per heavy atom. The van der Waals surface area contributed by atoms with Gasteiger partial charge in [-0.2, -0.15) is 0 Å². The molecular formula is C8H11NO2S. The molecule has 0 fully saturated rings. The zero-order valence-corrected chi connectivity index (χ0v) is 7.69. The van der Waals surface area contributed by atoms with Crippen LogP contribution in [-0.4, -0.2) is 19.6 Å². The summed E-state index contributed by atoms with van der Waals surface area (Å²) in [7, 11) is 1.38. The van der Waals surface area contributed by atoms with E-state index in [1.54, 1.807) is 11.3 Å². The zero-order valence-electron chi connectivity index (χ0n) is 6.87. The lowest BCUT2D eigenvalue weighted by atomic mass is 10.4. The lowest BCUT2D eigenvalue weighted by Gasteiger charge is -2.00. The van der Waals surface area contributed by atoms with Gasteiger partial charge in [-0.25, -0.2) is 0 Å². The number of ether oxygens (including phenoxy) is 1. The normalized spacial score (nSPS) is 9.75. The topological polar surface area (TPSA) is 38.3 Å². The van der Waals surface area contributed by atoms with E-state index >= 15 is 0 Å². The standard InChI is InChI=1S/C8H11NO2S/c1-11-8(10)6-9-5-7-3-2-4-12-7/h2-4,9H,5-6H2,1H3. The van der Waals surface area contributed by atoms with Crippen LogP contribution in [0.4, 0.5) is 0 Å². The highest BCUT2D eigenvalue weighted by Gasteiger charge is 1.98. The van der Waals surface area contributed by atoms with Gasteiger partial charge in [0.25, 0.3) is 0 Å². The van der Waals surface area contributed by atoms with E-state index in [4.69, 9.17) is 0 Å². The highest BCUT2D eigenvalue weighted by molar-refractivity contribution is 7.09. The average molecular weight is 185 g/mol. The molecule has 0 amide bonds. The molecule has 1 aromatic rings. The highest BCUT2D eigenvalue weighted by Crippen LogP contribution is 2.06. The molecule has 0 aliphatic rings. The van der Waals surface area contributed by atoms with Crippen molar-refractivity contribution >= 4 is 17.3 Å². The van der Waals surface area contributed by atoms with Crippen LogP contribution >= 0.6 is 11.3 Å². The van der Waals surface area contributed by atoms with Gasteiger partial charge >= 0.3 is 5.97 Å². The lowest BCUT2D eigenvalue weighted by Crippen LogP contribution is -2.22. The van der Waals surface area contributed by atoms with Gasteiger partial charge in [0.2, 0.25) is 0 Å². The first-order valence-electron chi connectivity index (χ1n) is 3.63. The summed E-state index contributed by atoms with van der Waals surface area (Å²) in [6.07, 6.45) is 0. The number of thiophene rings is 1. The fourth-order valence-electron chi connectivity index (χ4n) is 0.773. The Labute approximate surface area is 75.4 Å². The molecule has 3 nitrogen and oxygen atoms in total. The van der Waals surface area contributed by atoms with Crippen molar-refractivity contribution in [2.45, 2.75) is 6.54 Å². The quantitative estimate of drug-likeness (QED) is 0.711. The second-order valence-electron chi connectivity index (χ2n) is 2.26. The molecule has 1 N–H and O–H groups in total. The number of nitrogens with one attached hydrogen (secondary N) is 1. The second kappa shape index (κ2) is 4.90. The first-order chi connectivity index (χ1) is 5.83. The molecule has 1 rings (SSSR count). The third kappa shape index (κ3) is 3.02. The van der Waals surface area contributed by atoms with Crippen molar-refractivity contribution in [3.8, 4) is 0 Å². The fraction of sp³-hybridized carbons (Fsp3) is 0.375. The van der Waals surface area contributed by atoms with E-state index in [0.29, 0.717) is 0 Å². The molecule has 0 saturated carbocycles. The smallest absolute Gasteiger partial charge is 0.319 e. The van der Waals surface area contributed by atoms with Gasteiger partial charge in [-0.3, -0.25) is 4.79 Å². The summed E-state index contributed by atoms with van der Waals surface area (Å²) in [5.74, 6) is -0.230. The first-order valence-corrected chi connectivity index (χ1v) is 4.51. The fourth-order valence-corrected chi connectivity index (χ4v) is 1.45. The minimum absolute atomic E-state index is 0.230. The Morgan fingerprint density at radius 1 is 1.75 bits per heavy atom. The molecule has 0 bridgehead atoms. The molecule has 0 radical (unpaired) electrons. The number of hydrogen-bond acceptors (Lipinski definition) is 4. The van der Waals surface area contributed by atoms with Gasteiger partial charge in [-0.05, 0) is 11.4 Å². The summed E-state index contributed by atoms with van der Waals surface area (Å²) in [6.45, 7) is 1.00. The zero-order chi connectivity index (χ0) is 8.81. The lowest BCUT2D eigenvalue weighted by molar-refractivity contribution is -0.139. The van der Waals surface area contributed by atoms with Gasteiger partial charge < -0.3 is 10.1 Å². The molecule has 0 atom stereocenters. The van der Waals surface area contributed by atoms with Gasteiger partial charge in [0, 0.05) is 11.4 Å². The number of rotatable bonds is 4. The Balaban J connectivity index is 2.15. The third-order valence-corrected chi connectivity index (χ3v) is 2.25. The maximum atomic E-state index is 10.7. The molecule has 4 heteroatoms. The third-order valence-electron chi connectivity index (χ3n) is 1.38. The van der Waals surface area contributed by atoms with E-state index in [1.165, 1.54) is 12.0 Å². The summed E-state index contributed by atoms with van der Waals surface area (Å²) in [5.41, 5.74) is 0. The predicted octanol–water partition coefficient (Wildman–Crippen LogP) is 1.01. The minimum Gasteiger partial charge on any atom is -0.468 e. The van der Waals surface area contributed by atoms with Gasteiger partial charge in [0.05, 0.1) is 13.7 Å². The molecule has 0 saturated heterocycles. The van der Waals surface area contributed by atoms with Crippen LogP contribution < -0.4 is 5.32 Å². The summed E-state index contributed by atoms with van der Waals surface area (Å²) >= 11 is 1.67. The van der Waals surface area contributed by atoms with Crippen LogP contribution in [0.1, 0.15) is 4.88 Å². The molecule has 1 heterocycles. The van der Waals surface area contributed by atoms with E-state index in [0.717, 1.165) is 6.54 Å². The van der Waals surface area contributed by atoms with Crippen molar-refractivity contribution in [3.05, 3.63) is 22.4 Å². The summed E-state index contributed by atoms with van der Waals surface area (Å²) in [5, 5.41) is 4.98. The average Bonchev–Trinajstić information content (AvgIpc) is 2.57. The predicted molar refractivity (Wildman–Crippen MR) is 48.0 cm³/mol. The Hall–Kier alpha value is -0.870. The van der Waals surface area contributed by atoms with Crippen LogP contribution in [0.25, 0.3) is 0 Å². The monoisotopic (exact) mass is 185 g/mol. The van der Waals surface area contributed by atoms with E-state index in [-0.39, 0.29) is 12.5 Å². The van der Waals surface area contributed by atoms with Crippen molar-refractivity contribution in [2.24, 2.45) is 0 Å². The molecule has 0 aliphatic heterocycles. The number of hydrogen-bond donors (Lipinski definition) is 1. The SMILES string of the molecule is COC(=O)CNCc1cccs1. The molecule has 0 aliphatic carbocycles. The van der Waals surface area contributed by atoms with Crippen LogP contribution in [0.15, 0.2) is 17.5 Å². The largest absolute Gasteiger partial charge is 0.468 e. The Kier molecular flexibility index (Phi) is 3.76. The summed E-state index contributed by atoms with van der Waals surface area (Å²) < 4.78 is 4.47. The van der Waals surface area contributed by atoms with Crippen molar-refractivity contribution in [1.29, 1.82) is 0 Å². The molecule has 66 valence electrons. The molecule has 0 aromatic carbocycles. The van der Waals surface area contributed by atoms with Crippen LogP contribution in [-0.2, 0) is 16.1 Å². The molecule has 12 heavy (non-hydrogen) atoms. The van der Waals surface area contributed by atoms with Crippen molar-refractivity contribution in [2.75, 3.05) is 13.7 Å². The summed E-state index contributed by atoms with van der Waals surface area (Å²) in [4.78, 5) is 11.9. The first kappa shape index (κ1) is 9.22. The van der Waals surface area contributed by atoms with Crippen LogP contribution in [0.3, 0.4) is 0 Å². The van der Waals surface area contributed by atoms with E-state index in [9.17, 15) is 4.79 Å². The molecule has 1 aromatic heterocycles. The maximum Gasteiger partial charge on any atom is 0.319 e. The van der Waals surface area contributed by atoms with Gasteiger partial charge in [0.1, 0.15) is 0 Å². The number of methoxy groups -OCH3 is 1. The number of carbonyl (C=O) groups is 1. The molecule has 0 spiro atoms.